The van der Waals surface area contributed by atoms with Gasteiger partial charge in [-0.15, -0.1) is 4.68 Å². The number of amides is 1. The first-order valence-electron chi connectivity index (χ1n) is 7.46. The van der Waals surface area contributed by atoms with Gasteiger partial charge in [0, 0.05) is 11.7 Å². The number of hydrogen-bond donors (Lipinski definition) is 0. The van der Waals surface area contributed by atoms with E-state index in [9.17, 15) is 18.8 Å². The molecule has 24 heavy (non-hydrogen) atoms. The summed E-state index contributed by atoms with van der Waals surface area (Å²) in [6.45, 7) is 4.72. The molecule has 2 rings (SSSR count). The predicted molar refractivity (Wildman–Crippen MR) is 84.4 cm³/mol. The van der Waals surface area contributed by atoms with Crippen molar-refractivity contribution in [3.63, 3.8) is 0 Å². The molecule has 0 aliphatic carbocycles. The van der Waals surface area contributed by atoms with Crippen molar-refractivity contribution in [1.82, 2.24) is 19.8 Å². The second-order valence-electron chi connectivity index (χ2n) is 5.42. The Balaban J connectivity index is 2.42. The molecular formula is C15H18FN5O3. The van der Waals surface area contributed by atoms with Crippen molar-refractivity contribution in [2.24, 2.45) is 0 Å². The number of halogens is 1. The third-order valence-corrected chi connectivity index (χ3v) is 3.54. The highest BCUT2D eigenvalue weighted by Gasteiger charge is 2.26. The van der Waals surface area contributed by atoms with Crippen LogP contribution in [-0.4, -0.2) is 37.6 Å². The average Bonchev–Trinajstić information content (AvgIpc) is 2.89. The molecule has 1 atom stereocenters. The van der Waals surface area contributed by atoms with Gasteiger partial charge in [-0.25, -0.2) is 14.0 Å². The first-order valence-corrected chi connectivity index (χ1v) is 7.46. The molecule has 9 heteroatoms. The number of aromatic nitrogens is 4. The normalized spacial score (nSPS) is 12.0. The fourth-order valence-electron chi connectivity index (χ4n) is 2.14. The van der Waals surface area contributed by atoms with Gasteiger partial charge in [0.2, 0.25) is 0 Å². The van der Waals surface area contributed by atoms with E-state index in [4.69, 9.17) is 0 Å². The van der Waals surface area contributed by atoms with E-state index in [-0.39, 0.29) is 18.4 Å². The van der Waals surface area contributed by atoms with Crippen LogP contribution in [0, 0.1) is 5.82 Å². The van der Waals surface area contributed by atoms with Gasteiger partial charge < -0.3 is 0 Å². The molecule has 1 unspecified atom stereocenters. The third-order valence-electron chi connectivity index (χ3n) is 3.54. The highest BCUT2D eigenvalue weighted by Crippen LogP contribution is 2.20. The second-order valence-corrected chi connectivity index (χ2v) is 5.42. The van der Waals surface area contributed by atoms with Crippen LogP contribution in [0.25, 0.3) is 0 Å². The van der Waals surface area contributed by atoms with E-state index in [0.29, 0.717) is 16.8 Å². The van der Waals surface area contributed by atoms with Crippen molar-refractivity contribution in [1.29, 1.82) is 0 Å². The fraction of sp³-hybridized carbons (Fsp3) is 0.400. The standard InChI is InChI=1S/C15H18FN5O3/c1-4-10(2)20(13-7-5-12(16)6-8-13)15(24)21-14(23)19(17-18-21)9-11(3)22/h5-8,10H,4,9H2,1-3H3. The van der Waals surface area contributed by atoms with Crippen LogP contribution in [0.1, 0.15) is 27.2 Å². The zero-order valence-electron chi connectivity index (χ0n) is 13.6. The smallest absolute Gasteiger partial charge is 0.298 e. The van der Waals surface area contributed by atoms with Crippen LogP contribution in [0.4, 0.5) is 14.9 Å². The van der Waals surface area contributed by atoms with E-state index < -0.39 is 17.5 Å². The summed E-state index contributed by atoms with van der Waals surface area (Å²) in [6.07, 6.45) is 0.611. The van der Waals surface area contributed by atoms with Crippen LogP contribution >= 0.6 is 0 Å². The molecule has 0 aliphatic heterocycles. The minimum atomic E-state index is -0.800. The Morgan fingerprint density at radius 3 is 2.42 bits per heavy atom. The number of ketones is 1. The summed E-state index contributed by atoms with van der Waals surface area (Å²) in [5.41, 5.74) is -0.366. The number of benzene rings is 1. The zero-order chi connectivity index (χ0) is 17.9. The number of hydrogen-bond acceptors (Lipinski definition) is 5. The molecule has 1 aromatic carbocycles. The fourth-order valence-corrected chi connectivity index (χ4v) is 2.14. The summed E-state index contributed by atoms with van der Waals surface area (Å²) in [4.78, 5) is 37.4. The van der Waals surface area contributed by atoms with E-state index in [2.05, 4.69) is 10.4 Å². The SMILES string of the molecule is CCC(C)N(C(=O)n1nnn(CC(C)=O)c1=O)c1ccc(F)cc1. The highest BCUT2D eigenvalue weighted by molar-refractivity contribution is 5.93. The minimum absolute atomic E-state index is 0.257. The molecule has 0 bridgehead atoms. The lowest BCUT2D eigenvalue weighted by Crippen LogP contribution is -2.45. The predicted octanol–water partition coefficient (Wildman–Crippen LogP) is 1.44. The number of carbonyl (C=O) groups is 2. The van der Waals surface area contributed by atoms with Gasteiger partial charge in [0.1, 0.15) is 12.4 Å². The molecule has 0 spiro atoms. The van der Waals surface area contributed by atoms with Crippen molar-refractivity contribution >= 4 is 17.5 Å². The lowest BCUT2D eigenvalue weighted by molar-refractivity contribution is -0.117. The van der Waals surface area contributed by atoms with Gasteiger partial charge in [0.25, 0.3) is 0 Å². The Kier molecular flexibility index (Phi) is 5.22. The van der Waals surface area contributed by atoms with Gasteiger partial charge in [-0.2, -0.15) is 4.68 Å². The van der Waals surface area contributed by atoms with Crippen molar-refractivity contribution in [3.05, 3.63) is 40.6 Å². The molecular weight excluding hydrogens is 317 g/mol. The monoisotopic (exact) mass is 335 g/mol. The largest absolute Gasteiger partial charge is 0.372 e. The molecule has 0 N–H and O–H groups in total. The molecule has 128 valence electrons. The summed E-state index contributed by atoms with van der Waals surface area (Å²) in [7, 11) is 0. The average molecular weight is 335 g/mol. The number of rotatable bonds is 5. The molecule has 0 saturated heterocycles. The number of tetrazole rings is 1. The van der Waals surface area contributed by atoms with Crippen molar-refractivity contribution < 1.29 is 14.0 Å². The molecule has 0 saturated carbocycles. The van der Waals surface area contributed by atoms with E-state index >= 15 is 0 Å². The van der Waals surface area contributed by atoms with Gasteiger partial charge in [-0.1, -0.05) is 6.92 Å². The summed E-state index contributed by atoms with van der Waals surface area (Å²) in [5, 5.41) is 7.09. The van der Waals surface area contributed by atoms with Gasteiger partial charge in [0.15, 0.2) is 5.78 Å². The molecule has 2 aromatic rings. The van der Waals surface area contributed by atoms with Gasteiger partial charge in [0.05, 0.1) is 0 Å². The molecule has 8 nitrogen and oxygen atoms in total. The van der Waals surface area contributed by atoms with Crippen LogP contribution in [0.2, 0.25) is 0 Å². The summed E-state index contributed by atoms with van der Waals surface area (Å²) < 4.78 is 14.5. The number of Topliss-reactive ketones (excluding diaryl/α,β-unsaturated/α-hetero) is 1. The quantitative estimate of drug-likeness (QED) is 0.771. The van der Waals surface area contributed by atoms with Crippen molar-refractivity contribution in [2.45, 2.75) is 39.8 Å². The Bertz CT molecular complexity index is 796. The van der Waals surface area contributed by atoms with Crippen molar-refractivity contribution in [2.75, 3.05) is 4.90 Å². The Morgan fingerprint density at radius 2 is 1.88 bits per heavy atom. The van der Waals surface area contributed by atoms with E-state index in [1.54, 1.807) is 6.92 Å². The molecule has 0 fully saturated rings. The lowest BCUT2D eigenvalue weighted by Gasteiger charge is -2.27. The zero-order valence-corrected chi connectivity index (χ0v) is 13.6. The molecule has 1 heterocycles. The van der Waals surface area contributed by atoms with E-state index in [0.717, 1.165) is 4.68 Å². The number of anilines is 1. The number of nitrogens with zero attached hydrogens (tertiary/aromatic N) is 5. The molecule has 1 amide bonds. The van der Waals surface area contributed by atoms with Crippen LogP contribution in [0.3, 0.4) is 0 Å². The Morgan fingerprint density at radius 1 is 1.25 bits per heavy atom. The van der Waals surface area contributed by atoms with Gasteiger partial charge in [-0.05, 0) is 55.0 Å². The van der Waals surface area contributed by atoms with Gasteiger partial charge in [-0.3, -0.25) is 9.69 Å². The topological polar surface area (TPSA) is 90.1 Å². The van der Waals surface area contributed by atoms with Crippen LogP contribution in [-0.2, 0) is 11.3 Å². The maximum absolute atomic E-state index is 13.1. The number of carbonyl (C=O) groups excluding carboxylic acids is 2. The van der Waals surface area contributed by atoms with E-state index in [1.165, 1.54) is 36.1 Å². The third kappa shape index (κ3) is 3.55. The summed E-state index contributed by atoms with van der Waals surface area (Å²) >= 11 is 0. The second kappa shape index (κ2) is 7.16. The first kappa shape index (κ1) is 17.5. The Hall–Kier alpha value is -2.84. The highest BCUT2D eigenvalue weighted by atomic mass is 19.1. The Labute approximate surface area is 137 Å². The molecule has 0 aliphatic rings. The van der Waals surface area contributed by atoms with Crippen molar-refractivity contribution in [3.8, 4) is 0 Å². The maximum Gasteiger partial charge on any atom is 0.372 e. The molecule has 1 aromatic heterocycles. The molecule has 0 radical (unpaired) electrons. The first-order chi connectivity index (χ1) is 11.3. The maximum atomic E-state index is 13.1. The summed E-state index contributed by atoms with van der Waals surface area (Å²) in [5.74, 6) is -0.714. The van der Waals surface area contributed by atoms with Crippen LogP contribution < -0.4 is 10.6 Å². The lowest BCUT2D eigenvalue weighted by atomic mass is 10.2. The minimum Gasteiger partial charge on any atom is -0.298 e. The van der Waals surface area contributed by atoms with Crippen LogP contribution in [0.5, 0.6) is 0 Å². The van der Waals surface area contributed by atoms with Gasteiger partial charge >= 0.3 is 11.7 Å². The van der Waals surface area contributed by atoms with Crippen LogP contribution in [0.15, 0.2) is 29.1 Å². The van der Waals surface area contributed by atoms with E-state index in [1.807, 2.05) is 6.92 Å². The summed E-state index contributed by atoms with van der Waals surface area (Å²) in [6, 6.07) is 4.39.